The molecule has 3 rings (SSSR count). The van der Waals surface area contributed by atoms with Gasteiger partial charge in [0.05, 0.1) is 4.92 Å². The van der Waals surface area contributed by atoms with Crippen molar-refractivity contribution in [2.45, 2.75) is 23.6 Å². The Hall–Kier alpha value is -3.27. The Kier molecular flexibility index (Phi) is 5.46. The average molecular weight is 388 g/mol. The Bertz CT molecular complexity index is 1010. The summed E-state index contributed by atoms with van der Waals surface area (Å²) in [6.07, 6.45) is 0. The molecule has 10 heteroatoms. The summed E-state index contributed by atoms with van der Waals surface area (Å²) < 4.78 is 18.9. The van der Waals surface area contributed by atoms with Gasteiger partial charge >= 0.3 is 0 Å². The van der Waals surface area contributed by atoms with E-state index in [9.17, 15) is 19.3 Å². The van der Waals surface area contributed by atoms with Gasteiger partial charge in [-0.3, -0.25) is 20.0 Å². The molecule has 0 amide bonds. The number of nitro groups is 1. The zero-order valence-electron chi connectivity index (χ0n) is 14.0. The number of carbonyl (C=O) groups is 1. The molecule has 0 aliphatic rings. The van der Waals surface area contributed by atoms with Crippen molar-refractivity contribution in [3.8, 4) is 5.75 Å². The fourth-order valence-corrected chi connectivity index (χ4v) is 3.08. The van der Waals surface area contributed by atoms with Crippen LogP contribution in [0.3, 0.4) is 0 Å². The highest BCUT2D eigenvalue weighted by atomic mass is 32.2. The third kappa shape index (κ3) is 4.47. The number of aromatic nitrogens is 3. The maximum Gasteiger partial charge on any atom is 0.270 e. The lowest BCUT2D eigenvalue weighted by atomic mass is 10.1. The second-order valence-electron chi connectivity index (χ2n) is 5.38. The Morgan fingerprint density at radius 3 is 2.81 bits per heavy atom. The van der Waals surface area contributed by atoms with Crippen LogP contribution in [0, 0.1) is 15.9 Å². The van der Waals surface area contributed by atoms with Gasteiger partial charge in [0.15, 0.2) is 23.2 Å². The molecule has 138 valence electrons. The topological polar surface area (TPSA) is 111 Å². The zero-order valence-corrected chi connectivity index (χ0v) is 14.8. The maximum absolute atomic E-state index is 13.5. The highest BCUT2D eigenvalue weighted by Gasteiger charge is 2.16. The molecular formula is C17H13FN4O4S. The third-order valence-electron chi connectivity index (χ3n) is 3.47. The Labute approximate surface area is 156 Å². The quantitative estimate of drug-likeness (QED) is 0.372. The summed E-state index contributed by atoms with van der Waals surface area (Å²) in [4.78, 5) is 26.8. The van der Waals surface area contributed by atoms with Crippen molar-refractivity contribution in [3.63, 3.8) is 0 Å². The Morgan fingerprint density at radius 2 is 2.11 bits per heavy atom. The third-order valence-corrected chi connectivity index (χ3v) is 4.41. The number of rotatable bonds is 7. The van der Waals surface area contributed by atoms with Gasteiger partial charge in [-0.15, -0.1) is 5.10 Å². The fourth-order valence-electron chi connectivity index (χ4n) is 2.19. The van der Waals surface area contributed by atoms with Crippen LogP contribution in [-0.2, 0) is 6.61 Å². The summed E-state index contributed by atoms with van der Waals surface area (Å²) in [5.41, 5.74) is 0.0432. The van der Waals surface area contributed by atoms with Gasteiger partial charge in [-0.25, -0.2) is 9.37 Å². The zero-order chi connectivity index (χ0) is 19.4. The van der Waals surface area contributed by atoms with E-state index in [1.54, 1.807) is 12.1 Å². The van der Waals surface area contributed by atoms with E-state index in [4.69, 9.17) is 4.74 Å². The number of nitrogens with zero attached hydrogens (tertiary/aromatic N) is 3. The number of hydrogen-bond acceptors (Lipinski definition) is 7. The van der Waals surface area contributed by atoms with E-state index in [1.165, 1.54) is 37.3 Å². The van der Waals surface area contributed by atoms with E-state index in [2.05, 4.69) is 15.2 Å². The molecule has 0 unspecified atom stereocenters. The van der Waals surface area contributed by atoms with Gasteiger partial charge in [0.2, 0.25) is 5.16 Å². The van der Waals surface area contributed by atoms with Crippen LogP contribution < -0.4 is 4.74 Å². The number of H-pyrrole nitrogens is 1. The molecule has 0 radical (unpaired) electrons. The first kappa shape index (κ1) is 18.5. The van der Waals surface area contributed by atoms with Crippen LogP contribution in [0.15, 0.2) is 52.5 Å². The summed E-state index contributed by atoms with van der Waals surface area (Å²) in [6.45, 7) is 1.31. The first-order valence-electron chi connectivity index (χ1n) is 7.70. The summed E-state index contributed by atoms with van der Waals surface area (Å²) in [5, 5.41) is 17.9. The van der Waals surface area contributed by atoms with E-state index in [-0.39, 0.29) is 29.4 Å². The monoisotopic (exact) mass is 388 g/mol. The predicted octanol–water partition coefficient (Wildman–Crippen LogP) is 3.78. The van der Waals surface area contributed by atoms with Gasteiger partial charge in [-0.2, -0.15) is 0 Å². The fraction of sp³-hybridized carbons (Fsp3) is 0.118. The van der Waals surface area contributed by atoms with Gasteiger partial charge in [-0.05, 0) is 36.9 Å². The minimum Gasteiger partial charge on any atom is -0.483 e. The normalized spacial score (nSPS) is 10.6. The smallest absolute Gasteiger partial charge is 0.270 e. The van der Waals surface area contributed by atoms with Crippen LogP contribution in [0.4, 0.5) is 10.1 Å². The highest BCUT2D eigenvalue weighted by molar-refractivity contribution is 7.99. The molecule has 0 saturated heterocycles. The van der Waals surface area contributed by atoms with E-state index < -0.39 is 10.7 Å². The number of ketones is 1. The number of non-ortho nitro benzene ring substituents is 1. The molecule has 0 saturated carbocycles. The number of aromatic amines is 1. The number of nitro benzene ring substituents is 1. The number of halogens is 1. The molecule has 1 heterocycles. The van der Waals surface area contributed by atoms with E-state index >= 15 is 0 Å². The molecule has 0 aliphatic heterocycles. The summed E-state index contributed by atoms with van der Waals surface area (Å²) in [6, 6.07) is 10.0. The molecule has 1 aromatic heterocycles. The molecular weight excluding hydrogens is 375 g/mol. The second kappa shape index (κ2) is 7.96. The largest absolute Gasteiger partial charge is 0.483 e. The van der Waals surface area contributed by atoms with Crippen molar-refractivity contribution >= 4 is 23.2 Å². The van der Waals surface area contributed by atoms with Crippen LogP contribution in [-0.4, -0.2) is 25.9 Å². The molecule has 0 aliphatic carbocycles. The van der Waals surface area contributed by atoms with Crippen molar-refractivity contribution in [2.75, 3.05) is 0 Å². The maximum atomic E-state index is 13.5. The second-order valence-corrected chi connectivity index (χ2v) is 6.39. The van der Waals surface area contributed by atoms with Gasteiger partial charge in [-0.1, -0.05) is 12.1 Å². The molecule has 2 aromatic carbocycles. The summed E-state index contributed by atoms with van der Waals surface area (Å²) in [7, 11) is 0. The van der Waals surface area contributed by atoms with Crippen LogP contribution in [0.1, 0.15) is 23.1 Å². The van der Waals surface area contributed by atoms with Crippen molar-refractivity contribution in [1.29, 1.82) is 0 Å². The lowest BCUT2D eigenvalue weighted by Gasteiger charge is -2.04. The minimum atomic E-state index is -0.564. The van der Waals surface area contributed by atoms with Crippen LogP contribution in [0.2, 0.25) is 0 Å². The predicted molar refractivity (Wildman–Crippen MR) is 94.3 cm³/mol. The minimum absolute atomic E-state index is 0.0195. The highest BCUT2D eigenvalue weighted by Crippen LogP contribution is 2.31. The van der Waals surface area contributed by atoms with Crippen LogP contribution >= 0.6 is 11.8 Å². The van der Waals surface area contributed by atoms with Crippen LogP contribution in [0.25, 0.3) is 0 Å². The standard InChI is InChI=1S/C17H13FN4O4S/c1-10(23)12-8-11(22(24)25)6-7-15(12)27-17-19-16(20-21-17)9-26-14-5-3-2-4-13(14)18/h2-8H,9H2,1H3,(H,19,20,21). The van der Waals surface area contributed by atoms with E-state index in [0.717, 1.165) is 11.8 Å². The number of nitrogens with one attached hydrogen (secondary N) is 1. The number of hydrogen-bond donors (Lipinski definition) is 1. The number of para-hydroxylation sites is 1. The number of benzene rings is 2. The van der Waals surface area contributed by atoms with Crippen molar-refractivity contribution in [3.05, 3.63) is 69.8 Å². The average Bonchev–Trinajstić information content (AvgIpc) is 3.08. The molecule has 0 fully saturated rings. The molecule has 0 spiro atoms. The van der Waals surface area contributed by atoms with E-state index in [0.29, 0.717) is 15.9 Å². The first-order valence-corrected chi connectivity index (χ1v) is 8.51. The van der Waals surface area contributed by atoms with Crippen molar-refractivity contribution in [1.82, 2.24) is 15.2 Å². The van der Waals surface area contributed by atoms with Gasteiger partial charge < -0.3 is 4.74 Å². The van der Waals surface area contributed by atoms with Gasteiger partial charge in [0, 0.05) is 22.6 Å². The molecule has 8 nitrogen and oxygen atoms in total. The van der Waals surface area contributed by atoms with Gasteiger partial charge in [0.25, 0.3) is 5.69 Å². The summed E-state index contributed by atoms with van der Waals surface area (Å²) >= 11 is 1.08. The molecule has 3 aromatic rings. The van der Waals surface area contributed by atoms with Crippen molar-refractivity contribution in [2.24, 2.45) is 0 Å². The Morgan fingerprint density at radius 1 is 1.33 bits per heavy atom. The van der Waals surface area contributed by atoms with E-state index in [1.807, 2.05) is 0 Å². The lowest BCUT2D eigenvalue weighted by Crippen LogP contribution is -1.99. The first-order chi connectivity index (χ1) is 12.9. The summed E-state index contributed by atoms with van der Waals surface area (Å²) in [5.74, 6) is -0.326. The molecule has 27 heavy (non-hydrogen) atoms. The molecule has 1 N–H and O–H groups in total. The Balaban J connectivity index is 1.73. The molecule has 0 atom stereocenters. The SMILES string of the molecule is CC(=O)c1cc([N+](=O)[O-])ccc1Sc1n[nH]c(COc2ccccc2F)n1. The molecule has 0 bridgehead atoms. The lowest BCUT2D eigenvalue weighted by molar-refractivity contribution is -0.384. The number of Topliss-reactive ketones (excluding diaryl/α,β-unsaturated/α-hetero) is 1. The number of carbonyl (C=O) groups excluding carboxylic acids is 1. The van der Waals surface area contributed by atoms with Crippen LogP contribution in [0.5, 0.6) is 5.75 Å². The number of ether oxygens (including phenoxy) is 1. The van der Waals surface area contributed by atoms with Gasteiger partial charge in [0.1, 0.15) is 6.61 Å². The van der Waals surface area contributed by atoms with Crippen molar-refractivity contribution < 1.29 is 18.8 Å².